The van der Waals surface area contributed by atoms with Crippen LogP contribution >= 0.6 is 11.6 Å². The van der Waals surface area contributed by atoms with Crippen molar-refractivity contribution in [1.29, 1.82) is 0 Å². The van der Waals surface area contributed by atoms with Gasteiger partial charge in [-0.15, -0.1) is 0 Å². The molecule has 0 saturated carbocycles. The van der Waals surface area contributed by atoms with Crippen LogP contribution in [0, 0.1) is 12.7 Å². The summed E-state index contributed by atoms with van der Waals surface area (Å²) in [6.45, 7) is 1.80. The van der Waals surface area contributed by atoms with Gasteiger partial charge in [0.15, 0.2) is 0 Å². The van der Waals surface area contributed by atoms with E-state index < -0.39 is 54.3 Å². The molecule has 1 heterocycles. The number of hydrogen-bond acceptors (Lipinski definition) is 4. The Balaban J connectivity index is 2.13. The molecule has 0 amide bonds. The van der Waals surface area contributed by atoms with E-state index in [2.05, 4.69) is 9.82 Å². The first-order valence-electron chi connectivity index (χ1n) is 8.54. The fourth-order valence-electron chi connectivity index (χ4n) is 2.74. The Morgan fingerprint density at radius 1 is 1.10 bits per heavy atom. The molecule has 0 aliphatic carbocycles. The third kappa shape index (κ3) is 4.72. The third-order valence-corrected chi connectivity index (χ3v) is 6.11. The van der Waals surface area contributed by atoms with Crippen molar-refractivity contribution in [3.63, 3.8) is 0 Å². The molecule has 0 spiro atoms. The molecule has 164 valence electrons. The summed E-state index contributed by atoms with van der Waals surface area (Å²) < 4.78 is 81.6. The molecular weight excluding hydrogens is 462 g/mol. The van der Waals surface area contributed by atoms with E-state index in [1.165, 1.54) is 12.1 Å². The molecule has 2 aromatic carbocycles. The van der Waals surface area contributed by atoms with Crippen molar-refractivity contribution in [2.45, 2.75) is 18.0 Å². The van der Waals surface area contributed by atoms with E-state index >= 15 is 0 Å². The summed E-state index contributed by atoms with van der Waals surface area (Å²) in [6.07, 6.45) is -4.86. The minimum absolute atomic E-state index is 0.205. The van der Waals surface area contributed by atoms with Crippen LogP contribution in [0.25, 0.3) is 11.3 Å². The normalized spacial score (nSPS) is 12.1. The molecule has 0 aliphatic heterocycles. The molecule has 3 aromatic rings. The van der Waals surface area contributed by atoms with E-state index in [0.29, 0.717) is 10.7 Å². The van der Waals surface area contributed by atoms with Crippen LogP contribution in [0.5, 0.6) is 0 Å². The van der Waals surface area contributed by atoms with Gasteiger partial charge in [-0.25, -0.2) is 12.8 Å². The van der Waals surface area contributed by atoms with Gasteiger partial charge in [0.2, 0.25) is 5.43 Å². The van der Waals surface area contributed by atoms with Gasteiger partial charge in [-0.2, -0.15) is 18.3 Å². The number of rotatable bonds is 4. The highest BCUT2D eigenvalue weighted by Crippen LogP contribution is 2.32. The fourth-order valence-corrected chi connectivity index (χ4v) is 4.34. The van der Waals surface area contributed by atoms with Crippen LogP contribution in [0.4, 0.5) is 23.2 Å². The van der Waals surface area contributed by atoms with Gasteiger partial charge < -0.3 is 0 Å². The van der Waals surface area contributed by atoms with Gasteiger partial charge in [0.05, 0.1) is 5.02 Å². The predicted molar refractivity (Wildman–Crippen MR) is 107 cm³/mol. The molecule has 0 atom stereocenters. The van der Waals surface area contributed by atoms with Gasteiger partial charge in [-0.3, -0.25) is 14.2 Å². The second-order valence-corrected chi connectivity index (χ2v) is 8.66. The Morgan fingerprint density at radius 2 is 1.71 bits per heavy atom. The van der Waals surface area contributed by atoms with E-state index in [1.54, 1.807) is 19.1 Å². The zero-order valence-corrected chi connectivity index (χ0v) is 17.5. The van der Waals surface area contributed by atoms with Crippen LogP contribution in [0.3, 0.4) is 0 Å². The number of benzene rings is 2. The van der Waals surface area contributed by atoms with Crippen molar-refractivity contribution in [1.82, 2.24) is 9.78 Å². The average molecular weight is 476 g/mol. The number of halogens is 5. The Labute approximate surface area is 179 Å². The lowest BCUT2D eigenvalue weighted by Gasteiger charge is -2.14. The summed E-state index contributed by atoms with van der Waals surface area (Å²) in [5.74, 6) is -1.12. The SMILES string of the molecule is Cc1ccc(NS(=O)(=O)c2cc(-c3nn(C)c(C(F)(F)F)cc3=O)c(F)cc2Cl)cc1. The number of anilines is 1. The summed E-state index contributed by atoms with van der Waals surface area (Å²) in [4.78, 5) is 11.6. The van der Waals surface area contributed by atoms with Crippen LogP contribution in [-0.2, 0) is 23.2 Å². The predicted octanol–water partition coefficient (Wildman–Crippen LogP) is 4.37. The molecule has 12 heteroatoms. The molecule has 0 aliphatic rings. The fraction of sp³-hybridized carbons (Fsp3) is 0.158. The molecule has 0 fully saturated rings. The topological polar surface area (TPSA) is 81.1 Å². The maximum atomic E-state index is 14.5. The van der Waals surface area contributed by atoms with Crippen molar-refractivity contribution >= 4 is 27.3 Å². The number of alkyl halides is 3. The monoisotopic (exact) mass is 475 g/mol. The zero-order valence-electron chi connectivity index (χ0n) is 16.0. The van der Waals surface area contributed by atoms with E-state index in [4.69, 9.17) is 11.6 Å². The van der Waals surface area contributed by atoms with Crippen LogP contribution in [0.1, 0.15) is 11.3 Å². The Kier molecular flexibility index (Phi) is 5.85. The van der Waals surface area contributed by atoms with E-state index in [9.17, 15) is 30.8 Å². The smallest absolute Gasteiger partial charge is 0.287 e. The highest BCUT2D eigenvalue weighted by Gasteiger charge is 2.35. The maximum Gasteiger partial charge on any atom is 0.433 e. The largest absolute Gasteiger partial charge is 0.433 e. The lowest BCUT2D eigenvalue weighted by atomic mass is 10.1. The first-order chi connectivity index (χ1) is 14.3. The summed E-state index contributed by atoms with van der Waals surface area (Å²) in [7, 11) is -3.40. The number of nitrogens with one attached hydrogen (secondary N) is 1. The van der Waals surface area contributed by atoms with Crippen molar-refractivity contribution in [3.8, 4) is 11.3 Å². The van der Waals surface area contributed by atoms with Crippen LogP contribution in [0.15, 0.2) is 52.2 Å². The minimum Gasteiger partial charge on any atom is -0.287 e. The molecule has 1 N–H and O–H groups in total. The summed E-state index contributed by atoms with van der Waals surface area (Å²) in [5, 5.41) is 3.02. The van der Waals surface area contributed by atoms with Gasteiger partial charge >= 0.3 is 6.18 Å². The first kappa shape index (κ1) is 22.8. The molecule has 1 aromatic heterocycles. The Morgan fingerprint density at radius 3 is 2.29 bits per heavy atom. The van der Waals surface area contributed by atoms with Crippen LogP contribution in [0.2, 0.25) is 5.02 Å². The maximum absolute atomic E-state index is 14.5. The van der Waals surface area contributed by atoms with Gasteiger partial charge in [-0.1, -0.05) is 29.3 Å². The van der Waals surface area contributed by atoms with Crippen LogP contribution < -0.4 is 10.2 Å². The second kappa shape index (κ2) is 7.97. The summed E-state index contributed by atoms with van der Waals surface area (Å²) >= 11 is 5.91. The molecule has 0 radical (unpaired) electrons. The van der Waals surface area contributed by atoms with Gasteiger partial charge in [0, 0.05) is 24.4 Å². The van der Waals surface area contributed by atoms with Crippen molar-refractivity contribution in [2.24, 2.45) is 7.05 Å². The summed E-state index contributed by atoms with van der Waals surface area (Å²) in [6, 6.07) is 7.98. The molecule has 0 bridgehead atoms. The lowest BCUT2D eigenvalue weighted by Crippen LogP contribution is -2.23. The Hall–Kier alpha value is -2.92. The standard InChI is InChI=1S/C19H14ClF4N3O3S/c1-10-3-5-11(6-4-10)26-31(29,30)16-7-12(14(21)8-13(16)20)18-15(28)9-17(19(22,23)24)27(2)25-18/h3-9,26H,1-2H3. The minimum atomic E-state index is -4.86. The molecule has 0 saturated heterocycles. The highest BCUT2D eigenvalue weighted by molar-refractivity contribution is 7.92. The van der Waals surface area contributed by atoms with E-state index in [1.807, 2.05) is 0 Å². The number of nitrogens with zero attached hydrogens (tertiary/aromatic N) is 2. The Bertz CT molecular complexity index is 1320. The van der Waals surface area contributed by atoms with E-state index in [0.717, 1.165) is 18.7 Å². The number of aromatic nitrogens is 2. The van der Waals surface area contributed by atoms with Crippen LogP contribution in [-0.4, -0.2) is 18.2 Å². The molecule has 31 heavy (non-hydrogen) atoms. The van der Waals surface area contributed by atoms with Gasteiger partial charge in [-0.05, 0) is 31.2 Å². The number of sulfonamides is 1. The van der Waals surface area contributed by atoms with Crippen molar-refractivity contribution in [2.75, 3.05) is 4.72 Å². The number of hydrogen-bond donors (Lipinski definition) is 1. The van der Waals surface area contributed by atoms with Crippen molar-refractivity contribution in [3.05, 3.63) is 74.8 Å². The van der Waals surface area contributed by atoms with Gasteiger partial charge in [0.1, 0.15) is 22.1 Å². The zero-order chi connectivity index (χ0) is 23.1. The third-order valence-electron chi connectivity index (χ3n) is 4.26. The lowest BCUT2D eigenvalue weighted by molar-refractivity contribution is -0.144. The first-order valence-corrected chi connectivity index (χ1v) is 10.4. The molecular formula is C19H14ClF4N3O3S. The second-order valence-electron chi connectivity index (χ2n) is 6.60. The quantitative estimate of drug-likeness (QED) is 0.568. The average Bonchev–Trinajstić information content (AvgIpc) is 2.64. The van der Waals surface area contributed by atoms with E-state index in [-0.39, 0.29) is 11.8 Å². The summed E-state index contributed by atoms with van der Waals surface area (Å²) in [5.41, 5.74) is -2.80. The molecule has 3 rings (SSSR count). The van der Waals surface area contributed by atoms with Gasteiger partial charge in [0.25, 0.3) is 10.0 Å². The molecule has 6 nitrogen and oxygen atoms in total. The van der Waals surface area contributed by atoms with Crippen molar-refractivity contribution < 1.29 is 26.0 Å². The molecule has 0 unspecified atom stereocenters. The number of aryl methyl sites for hydroxylation is 2. The highest BCUT2D eigenvalue weighted by atomic mass is 35.5.